The SMILES string of the molecule is Cc1cc(N)cc(N2CC=NN2)c1. The van der Waals surface area contributed by atoms with Gasteiger partial charge in [-0.3, -0.25) is 5.01 Å². The van der Waals surface area contributed by atoms with Gasteiger partial charge < -0.3 is 5.73 Å². The Kier molecular flexibility index (Phi) is 1.81. The minimum atomic E-state index is 0.781. The molecule has 3 N–H and O–H groups in total. The summed E-state index contributed by atoms with van der Waals surface area (Å²) in [5, 5.41) is 5.84. The zero-order valence-corrected chi connectivity index (χ0v) is 7.49. The Hall–Kier alpha value is -1.71. The Morgan fingerprint density at radius 2 is 2.31 bits per heavy atom. The predicted molar refractivity (Wildman–Crippen MR) is 54.6 cm³/mol. The van der Waals surface area contributed by atoms with Crippen LogP contribution >= 0.6 is 0 Å². The number of aryl methyl sites for hydroxylation is 1. The molecule has 0 aliphatic carbocycles. The molecule has 0 saturated carbocycles. The van der Waals surface area contributed by atoms with Gasteiger partial charge in [0.05, 0.1) is 12.2 Å². The number of nitrogens with zero attached hydrogens (tertiary/aromatic N) is 2. The normalized spacial score (nSPS) is 14.7. The molecule has 1 aromatic carbocycles. The van der Waals surface area contributed by atoms with Gasteiger partial charge in [0.1, 0.15) is 0 Å². The van der Waals surface area contributed by atoms with E-state index in [9.17, 15) is 0 Å². The summed E-state index contributed by atoms with van der Waals surface area (Å²) in [6.07, 6.45) is 1.82. The minimum Gasteiger partial charge on any atom is -0.399 e. The number of hydrazone groups is 1. The molecule has 1 aliphatic heterocycles. The van der Waals surface area contributed by atoms with Crippen LogP contribution in [0.15, 0.2) is 23.3 Å². The van der Waals surface area contributed by atoms with E-state index in [-0.39, 0.29) is 0 Å². The minimum absolute atomic E-state index is 0.781. The highest BCUT2D eigenvalue weighted by molar-refractivity contribution is 5.69. The lowest BCUT2D eigenvalue weighted by Crippen LogP contribution is -2.29. The summed E-state index contributed by atoms with van der Waals surface area (Å²) in [4.78, 5) is 0. The molecule has 13 heavy (non-hydrogen) atoms. The molecule has 0 saturated heterocycles. The molecule has 0 radical (unpaired) electrons. The monoisotopic (exact) mass is 176 g/mol. The van der Waals surface area contributed by atoms with Gasteiger partial charge >= 0.3 is 0 Å². The maximum absolute atomic E-state index is 5.73. The van der Waals surface area contributed by atoms with Crippen LogP contribution in [-0.2, 0) is 0 Å². The van der Waals surface area contributed by atoms with Gasteiger partial charge in [0.15, 0.2) is 0 Å². The summed E-state index contributed by atoms with van der Waals surface area (Å²) in [5.41, 5.74) is 11.6. The van der Waals surface area contributed by atoms with Crippen LogP contribution in [-0.4, -0.2) is 12.8 Å². The lowest BCUT2D eigenvalue weighted by molar-refractivity contribution is 0.749. The molecule has 2 rings (SSSR count). The first kappa shape index (κ1) is 7.91. The maximum atomic E-state index is 5.73. The standard InChI is InChI=1S/C9H12N4/c1-7-4-8(10)6-9(5-7)13-3-2-11-12-13/h2,4-6,12H,3,10H2,1H3. The molecule has 0 unspecified atom stereocenters. The van der Waals surface area contributed by atoms with Gasteiger partial charge in [-0.25, -0.2) is 5.53 Å². The third kappa shape index (κ3) is 1.56. The molecule has 4 heteroatoms. The largest absolute Gasteiger partial charge is 0.399 e. The van der Waals surface area contributed by atoms with E-state index in [1.807, 2.05) is 30.3 Å². The molecule has 0 bridgehead atoms. The van der Waals surface area contributed by atoms with E-state index in [1.54, 1.807) is 0 Å². The number of nitrogens with one attached hydrogen (secondary N) is 1. The fourth-order valence-corrected chi connectivity index (χ4v) is 1.38. The van der Waals surface area contributed by atoms with Gasteiger partial charge in [0, 0.05) is 11.9 Å². The number of rotatable bonds is 1. The zero-order valence-electron chi connectivity index (χ0n) is 7.49. The Morgan fingerprint density at radius 1 is 1.46 bits per heavy atom. The molecular formula is C9H12N4. The Labute approximate surface area is 77.0 Å². The van der Waals surface area contributed by atoms with Crippen molar-refractivity contribution in [3.8, 4) is 0 Å². The highest BCUT2D eigenvalue weighted by Gasteiger charge is 2.08. The fourth-order valence-electron chi connectivity index (χ4n) is 1.38. The average Bonchev–Trinajstić information content (AvgIpc) is 2.53. The number of nitrogen functional groups attached to an aromatic ring is 1. The first-order chi connectivity index (χ1) is 6.25. The van der Waals surface area contributed by atoms with Gasteiger partial charge in [0.2, 0.25) is 0 Å². The van der Waals surface area contributed by atoms with Crippen LogP contribution in [0.3, 0.4) is 0 Å². The summed E-state index contributed by atoms with van der Waals surface area (Å²) in [6.45, 7) is 2.81. The fraction of sp³-hybridized carbons (Fsp3) is 0.222. The van der Waals surface area contributed by atoms with Crippen LogP contribution in [0.25, 0.3) is 0 Å². The van der Waals surface area contributed by atoms with Crippen molar-refractivity contribution >= 4 is 17.6 Å². The van der Waals surface area contributed by atoms with Crippen molar-refractivity contribution in [3.63, 3.8) is 0 Å². The molecule has 1 aromatic rings. The van der Waals surface area contributed by atoms with E-state index in [4.69, 9.17) is 5.73 Å². The van der Waals surface area contributed by atoms with Crippen LogP contribution in [0.5, 0.6) is 0 Å². The van der Waals surface area contributed by atoms with Crippen molar-refractivity contribution in [1.82, 2.24) is 5.53 Å². The van der Waals surface area contributed by atoms with E-state index in [0.29, 0.717) is 0 Å². The second-order valence-corrected chi connectivity index (χ2v) is 3.12. The first-order valence-electron chi connectivity index (χ1n) is 4.17. The van der Waals surface area contributed by atoms with Crippen molar-refractivity contribution in [2.45, 2.75) is 6.92 Å². The smallest absolute Gasteiger partial charge is 0.0780 e. The number of anilines is 2. The van der Waals surface area contributed by atoms with Gasteiger partial charge in [-0.15, -0.1) is 0 Å². The van der Waals surface area contributed by atoms with Crippen molar-refractivity contribution < 1.29 is 0 Å². The van der Waals surface area contributed by atoms with E-state index in [1.165, 1.54) is 0 Å². The number of hydrogen-bond donors (Lipinski definition) is 2. The summed E-state index contributed by atoms with van der Waals surface area (Å²) in [5.74, 6) is 0. The molecular weight excluding hydrogens is 164 g/mol. The second kappa shape index (κ2) is 2.97. The molecule has 1 heterocycles. The zero-order chi connectivity index (χ0) is 9.26. The molecule has 4 nitrogen and oxygen atoms in total. The van der Waals surface area contributed by atoms with Crippen LogP contribution in [0.1, 0.15) is 5.56 Å². The quantitative estimate of drug-likeness (QED) is 0.625. The maximum Gasteiger partial charge on any atom is 0.0780 e. The summed E-state index contributed by atoms with van der Waals surface area (Å²) < 4.78 is 0. The van der Waals surface area contributed by atoms with Crippen molar-refractivity contribution in [2.24, 2.45) is 5.10 Å². The molecule has 0 aromatic heterocycles. The van der Waals surface area contributed by atoms with E-state index < -0.39 is 0 Å². The Balaban J connectivity index is 2.29. The van der Waals surface area contributed by atoms with Crippen molar-refractivity contribution in [3.05, 3.63) is 23.8 Å². The summed E-state index contributed by atoms with van der Waals surface area (Å²) in [6, 6.07) is 5.94. The van der Waals surface area contributed by atoms with Crippen LogP contribution < -0.4 is 16.3 Å². The third-order valence-corrected chi connectivity index (χ3v) is 1.93. The highest BCUT2D eigenvalue weighted by atomic mass is 15.7. The Morgan fingerprint density at radius 3 is 2.92 bits per heavy atom. The topological polar surface area (TPSA) is 53.6 Å². The summed E-state index contributed by atoms with van der Waals surface area (Å²) >= 11 is 0. The number of hydrazine groups is 1. The van der Waals surface area contributed by atoms with Gasteiger partial charge in [-0.2, -0.15) is 5.10 Å². The van der Waals surface area contributed by atoms with Gasteiger partial charge in [-0.05, 0) is 30.7 Å². The lowest BCUT2D eigenvalue weighted by Gasteiger charge is -2.17. The molecule has 0 atom stereocenters. The van der Waals surface area contributed by atoms with E-state index >= 15 is 0 Å². The van der Waals surface area contributed by atoms with Crippen molar-refractivity contribution in [1.29, 1.82) is 0 Å². The van der Waals surface area contributed by atoms with Crippen LogP contribution in [0.4, 0.5) is 11.4 Å². The number of benzene rings is 1. The van der Waals surface area contributed by atoms with E-state index in [0.717, 1.165) is 23.5 Å². The van der Waals surface area contributed by atoms with Crippen LogP contribution in [0, 0.1) is 6.92 Å². The third-order valence-electron chi connectivity index (χ3n) is 1.93. The molecule has 0 amide bonds. The first-order valence-corrected chi connectivity index (χ1v) is 4.17. The van der Waals surface area contributed by atoms with Crippen molar-refractivity contribution in [2.75, 3.05) is 17.3 Å². The Bertz CT molecular complexity index is 317. The van der Waals surface area contributed by atoms with E-state index in [2.05, 4.69) is 16.7 Å². The second-order valence-electron chi connectivity index (χ2n) is 3.12. The molecule has 0 fully saturated rings. The van der Waals surface area contributed by atoms with Gasteiger partial charge in [0.25, 0.3) is 0 Å². The molecule has 1 aliphatic rings. The number of hydrogen-bond acceptors (Lipinski definition) is 4. The average molecular weight is 176 g/mol. The predicted octanol–water partition coefficient (Wildman–Crippen LogP) is 0.888. The molecule has 0 spiro atoms. The van der Waals surface area contributed by atoms with Crippen LogP contribution in [0.2, 0.25) is 0 Å². The summed E-state index contributed by atoms with van der Waals surface area (Å²) in [7, 11) is 0. The molecule has 68 valence electrons. The highest BCUT2D eigenvalue weighted by Crippen LogP contribution is 2.19. The number of nitrogens with two attached hydrogens (primary N) is 1. The lowest BCUT2D eigenvalue weighted by atomic mass is 10.2. The van der Waals surface area contributed by atoms with Gasteiger partial charge in [-0.1, -0.05) is 0 Å².